The Morgan fingerprint density at radius 1 is 1.21 bits per heavy atom. The molecule has 98 valence electrons. The lowest BCUT2D eigenvalue weighted by atomic mass is 10.2. The predicted octanol–water partition coefficient (Wildman–Crippen LogP) is 4.56. The van der Waals surface area contributed by atoms with Gasteiger partial charge in [-0.2, -0.15) is 0 Å². The van der Waals surface area contributed by atoms with E-state index in [0.717, 1.165) is 3.57 Å². The molecule has 0 bridgehead atoms. The van der Waals surface area contributed by atoms with E-state index in [0.29, 0.717) is 10.6 Å². The van der Waals surface area contributed by atoms with Crippen LogP contribution in [0.4, 0.5) is 5.69 Å². The van der Waals surface area contributed by atoms with Crippen LogP contribution in [0.5, 0.6) is 5.75 Å². The van der Waals surface area contributed by atoms with E-state index in [4.69, 9.17) is 23.2 Å². The summed E-state index contributed by atoms with van der Waals surface area (Å²) in [5, 5.41) is 12.8. The number of carbonyl (C=O) groups is 1. The fourth-order valence-corrected chi connectivity index (χ4v) is 2.52. The molecular weight excluding hydrogens is 400 g/mol. The second-order valence-corrected chi connectivity index (χ2v) is 5.84. The zero-order chi connectivity index (χ0) is 14.0. The van der Waals surface area contributed by atoms with Crippen molar-refractivity contribution >= 4 is 57.4 Å². The van der Waals surface area contributed by atoms with Crippen molar-refractivity contribution in [3.63, 3.8) is 0 Å². The van der Waals surface area contributed by atoms with E-state index in [9.17, 15) is 9.90 Å². The molecule has 6 heteroatoms. The van der Waals surface area contributed by atoms with Crippen LogP contribution in [0, 0.1) is 3.57 Å². The van der Waals surface area contributed by atoms with Gasteiger partial charge in [0, 0.05) is 14.2 Å². The smallest absolute Gasteiger partial charge is 0.255 e. The first kappa shape index (κ1) is 14.4. The first-order valence-corrected chi connectivity index (χ1v) is 7.06. The average molecular weight is 408 g/mol. The molecule has 0 saturated heterocycles. The van der Waals surface area contributed by atoms with Crippen LogP contribution in [-0.2, 0) is 0 Å². The van der Waals surface area contributed by atoms with Gasteiger partial charge in [0.15, 0.2) is 5.75 Å². The highest BCUT2D eigenvalue weighted by atomic mass is 127. The molecular formula is C13H8Cl2INO2. The molecule has 0 atom stereocenters. The number of anilines is 1. The molecule has 0 aliphatic carbocycles. The molecule has 0 aliphatic rings. The van der Waals surface area contributed by atoms with E-state index in [-0.39, 0.29) is 22.4 Å². The molecule has 2 N–H and O–H groups in total. The molecule has 0 heterocycles. The number of amides is 1. The fraction of sp³-hybridized carbons (Fsp3) is 0. The Morgan fingerprint density at radius 3 is 2.63 bits per heavy atom. The third-order valence-corrected chi connectivity index (χ3v) is 3.54. The Labute approximate surface area is 133 Å². The van der Waals surface area contributed by atoms with Gasteiger partial charge < -0.3 is 10.4 Å². The average Bonchev–Trinajstić information content (AvgIpc) is 2.35. The van der Waals surface area contributed by atoms with E-state index >= 15 is 0 Å². The maximum absolute atomic E-state index is 12.0. The highest BCUT2D eigenvalue weighted by Gasteiger charge is 2.12. The van der Waals surface area contributed by atoms with Crippen LogP contribution in [-0.4, -0.2) is 11.0 Å². The summed E-state index contributed by atoms with van der Waals surface area (Å²) in [6.45, 7) is 0. The molecule has 0 spiro atoms. The summed E-state index contributed by atoms with van der Waals surface area (Å²) in [7, 11) is 0. The number of hydrogen-bond donors (Lipinski definition) is 2. The molecule has 2 aromatic rings. The number of hydrogen-bond acceptors (Lipinski definition) is 2. The van der Waals surface area contributed by atoms with Crippen molar-refractivity contribution in [3.05, 3.63) is 55.6 Å². The first-order valence-electron chi connectivity index (χ1n) is 5.22. The summed E-state index contributed by atoms with van der Waals surface area (Å²) < 4.78 is 0.943. The Balaban J connectivity index is 2.29. The van der Waals surface area contributed by atoms with Gasteiger partial charge in [0.05, 0.1) is 10.7 Å². The van der Waals surface area contributed by atoms with Gasteiger partial charge >= 0.3 is 0 Å². The molecule has 1 amide bonds. The lowest BCUT2D eigenvalue weighted by molar-refractivity contribution is 0.102. The monoisotopic (exact) mass is 407 g/mol. The molecule has 0 unspecified atom stereocenters. The zero-order valence-corrected chi connectivity index (χ0v) is 13.1. The van der Waals surface area contributed by atoms with Crippen LogP contribution in [0.3, 0.4) is 0 Å². The Hall–Kier alpha value is -0.980. The van der Waals surface area contributed by atoms with Crippen LogP contribution >= 0.6 is 45.8 Å². The third-order valence-electron chi connectivity index (χ3n) is 2.36. The number of aromatic hydroxyl groups is 1. The van der Waals surface area contributed by atoms with Crippen molar-refractivity contribution < 1.29 is 9.90 Å². The van der Waals surface area contributed by atoms with Crippen LogP contribution < -0.4 is 5.32 Å². The number of carbonyl (C=O) groups excluding carboxylic acids is 1. The highest BCUT2D eigenvalue weighted by Crippen LogP contribution is 2.35. The van der Waals surface area contributed by atoms with Crippen LogP contribution in [0.1, 0.15) is 10.4 Å². The quantitative estimate of drug-likeness (QED) is 0.566. The van der Waals surface area contributed by atoms with Crippen molar-refractivity contribution in [1.82, 2.24) is 0 Å². The predicted molar refractivity (Wildman–Crippen MR) is 85.2 cm³/mol. The second-order valence-electron chi connectivity index (χ2n) is 3.75. The minimum Gasteiger partial charge on any atom is -0.504 e. The van der Waals surface area contributed by atoms with Gasteiger partial charge in [0.2, 0.25) is 0 Å². The largest absolute Gasteiger partial charge is 0.504 e. The van der Waals surface area contributed by atoms with Crippen molar-refractivity contribution in [3.8, 4) is 5.75 Å². The molecule has 0 aliphatic heterocycles. The maximum Gasteiger partial charge on any atom is 0.255 e. The number of phenolic OH excluding ortho intramolecular Hbond substituents is 1. The van der Waals surface area contributed by atoms with E-state index < -0.39 is 0 Å². The van der Waals surface area contributed by atoms with Gasteiger partial charge in [-0.25, -0.2) is 0 Å². The SMILES string of the molecule is O=C(Nc1cc(Cl)cc(Cl)c1O)c1cccc(I)c1. The van der Waals surface area contributed by atoms with Crippen molar-refractivity contribution in [2.75, 3.05) is 5.32 Å². The van der Waals surface area contributed by atoms with Crippen LogP contribution in [0.15, 0.2) is 36.4 Å². The minimum absolute atomic E-state index is 0.0884. The number of nitrogens with one attached hydrogen (secondary N) is 1. The minimum atomic E-state index is -0.341. The standard InChI is InChI=1S/C13H8Cl2INO2/c14-8-5-10(15)12(18)11(6-8)17-13(19)7-2-1-3-9(16)4-7/h1-6,18H,(H,17,19). The van der Waals surface area contributed by atoms with Gasteiger partial charge in [0.25, 0.3) is 5.91 Å². The molecule has 2 aromatic carbocycles. The summed E-state index contributed by atoms with van der Waals surface area (Å²) in [4.78, 5) is 12.0. The molecule has 0 saturated carbocycles. The molecule has 19 heavy (non-hydrogen) atoms. The van der Waals surface area contributed by atoms with Crippen molar-refractivity contribution in [2.24, 2.45) is 0 Å². The van der Waals surface area contributed by atoms with Crippen LogP contribution in [0.2, 0.25) is 10.0 Å². The Bertz CT molecular complexity index is 647. The van der Waals surface area contributed by atoms with E-state index in [1.165, 1.54) is 12.1 Å². The fourth-order valence-electron chi connectivity index (χ4n) is 1.49. The Kier molecular flexibility index (Phi) is 4.54. The maximum atomic E-state index is 12.0. The summed E-state index contributed by atoms with van der Waals surface area (Å²) in [6, 6.07) is 9.92. The van der Waals surface area contributed by atoms with Crippen molar-refractivity contribution in [1.29, 1.82) is 0 Å². The van der Waals surface area contributed by atoms with Gasteiger partial charge in [0.1, 0.15) is 0 Å². The lowest BCUT2D eigenvalue weighted by Gasteiger charge is -2.09. The molecule has 2 rings (SSSR count). The third kappa shape index (κ3) is 3.52. The molecule has 0 radical (unpaired) electrons. The van der Waals surface area contributed by atoms with Crippen LogP contribution in [0.25, 0.3) is 0 Å². The van der Waals surface area contributed by atoms with Gasteiger partial charge in [-0.15, -0.1) is 0 Å². The van der Waals surface area contributed by atoms with Gasteiger partial charge in [-0.3, -0.25) is 4.79 Å². The van der Waals surface area contributed by atoms with E-state index in [1.807, 2.05) is 6.07 Å². The van der Waals surface area contributed by atoms with Gasteiger partial charge in [-0.1, -0.05) is 29.3 Å². The summed E-state index contributed by atoms with van der Waals surface area (Å²) in [6.07, 6.45) is 0. The van der Waals surface area contributed by atoms with E-state index in [1.54, 1.807) is 18.2 Å². The molecule has 3 nitrogen and oxygen atoms in total. The summed E-state index contributed by atoms with van der Waals surface area (Å²) in [5.74, 6) is -0.544. The zero-order valence-electron chi connectivity index (χ0n) is 9.45. The molecule has 0 aromatic heterocycles. The number of halogens is 3. The highest BCUT2D eigenvalue weighted by molar-refractivity contribution is 14.1. The Morgan fingerprint density at radius 2 is 1.95 bits per heavy atom. The molecule has 0 fully saturated rings. The summed E-state index contributed by atoms with van der Waals surface area (Å²) >= 11 is 13.7. The number of rotatable bonds is 2. The van der Waals surface area contributed by atoms with Gasteiger partial charge in [-0.05, 0) is 52.9 Å². The second kappa shape index (κ2) is 5.98. The summed E-state index contributed by atoms with van der Waals surface area (Å²) in [5.41, 5.74) is 0.670. The lowest BCUT2D eigenvalue weighted by Crippen LogP contribution is -2.12. The van der Waals surface area contributed by atoms with Crippen molar-refractivity contribution in [2.45, 2.75) is 0 Å². The topological polar surface area (TPSA) is 49.3 Å². The van der Waals surface area contributed by atoms with E-state index in [2.05, 4.69) is 27.9 Å². The normalized spacial score (nSPS) is 10.3. The number of benzene rings is 2. The first-order chi connectivity index (χ1) is 8.97. The number of phenols is 1.